The molecule has 0 aliphatic carbocycles. The number of nitrogens with one attached hydrogen (secondary N) is 1. The van der Waals surface area contributed by atoms with Crippen LogP contribution >= 0.6 is 0 Å². The van der Waals surface area contributed by atoms with E-state index in [1.165, 1.54) is 0 Å². The van der Waals surface area contributed by atoms with Gasteiger partial charge in [0.15, 0.2) is 0 Å². The van der Waals surface area contributed by atoms with Crippen molar-refractivity contribution in [2.45, 2.75) is 6.92 Å². The Labute approximate surface area is 104 Å². The predicted molar refractivity (Wildman–Crippen MR) is 71.5 cm³/mol. The Hall–Kier alpha value is -2.36. The van der Waals surface area contributed by atoms with Crippen LogP contribution in [0.3, 0.4) is 0 Å². The zero-order valence-corrected chi connectivity index (χ0v) is 10.3. The van der Waals surface area contributed by atoms with Gasteiger partial charge in [0, 0.05) is 24.4 Å². The van der Waals surface area contributed by atoms with Gasteiger partial charge in [0.05, 0.1) is 11.0 Å². The number of imidazole rings is 1. The highest BCUT2D eigenvalue weighted by Gasteiger charge is 2.07. The molecule has 0 atom stereocenters. The topological polar surface area (TPSA) is 50.7 Å². The molecule has 0 spiro atoms. The Morgan fingerprint density at radius 3 is 2.78 bits per heavy atom. The number of H-pyrrole nitrogens is 1. The molecule has 0 aliphatic heterocycles. The van der Waals surface area contributed by atoms with Gasteiger partial charge in [0.2, 0.25) is 0 Å². The van der Waals surface area contributed by atoms with E-state index >= 15 is 0 Å². The number of hydrogen-bond acceptors (Lipinski definition) is 2. The van der Waals surface area contributed by atoms with Crippen LogP contribution in [0.5, 0.6) is 0 Å². The van der Waals surface area contributed by atoms with Crippen LogP contribution in [0.15, 0.2) is 41.3 Å². The molecule has 3 aromatic rings. The third kappa shape index (κ3) is 1.62. The molecular formula is C14H13N3O. The fourth-order valence-electron chi connectivity index (χ4n) is 2.10. The van der Waals surface area contributed by atoms with Crippen molar-refractivity contribution in [3.05, 3.63) is 52.4 Å². The summed E-state index contributed by atoms with van der Waals surface area (Å²) in [4.78, 5) is 19.4. The lowest BCUT2D eigenvalue weighted by Gasteiger charge is -2.03. The van der Waals surface area contributed by atoms with Gasteiger partial charge in [-0.25, -0.2) is 4.98 Å². The van der Waals surface area contributed by atoms with Crippen LogP contribution in [-0.4, -0.2) is 14.5 Å². The highest BCUT2D eigenvalue weighted by molar-refractivity contribution is 5.79. The van der Waals surface area contributed by atoms with Gasteiger partial charge in [-0.05, 0) is 25.1 Å². The van der Waals surface area contributed by atoms with Gasteiger partial charge in [-0.15, -0.1) is 0 Å². The zero-order chi connectivity index (χ0) is 12.7. The van der Waals surface area contributed by atoms with E-state index in [0.29, 0.717) is 0 Å². The van der Waals surface area contributed by atoms with E-state index in [1.807, 2.05) is 37.3 Å². The van der Waals surface area contributed by atoms with E-state index < -0.39 is 0 Å². The number of aryl methyl sites for hydroxylation is 2. The number of nitrogens with zero attached hydrogens (tertiary/aromatic N) is 2. The summed E-state index contributed by atoms with van der Waals surface area (Å²) in [7, 11) is 1.75. The average Bonchev–Trinajstić information content (AvgIpc) is 2.79. The molecule has 2 aromatic heterocycles. The summed E-state index contributed by atoms with van der Waals surface area (Å²) in [6.07, 6.45) is 1.80. The number of aromatic amines is 1. The number of pyridine rings is 1. The molecule has 0 radical (unpaired) electrons. The molecule has 0 fully saturated rings. The summed E-state index contributed by atoms with van der Waals surface area (Å²) in [6.45, 7) is 1.81. The summed E-state index contributed by atoms with van der Waals surface area (Å²) in [5.41, 5.74) is 3.59. The third-order valence-electron chi connectivity index (χ3n) is 3.03. The van der Waals surface area contributed by atoms with Crippen molar-refractivity contribution in [1.82, 2.24) is 14.5 Å². The normalized spacial score (nSPS) is 11.0. The Morgan fingerprint density at radius 1 is 1.28 bits per heavy atom. The number of benzene rings is 1. The SMILES string of the molecule is Cc1cc(-c2nc3ccccc3[nH]2)cn(C)c1=O. The second-order valence-electron chi connectivity index (χ2n) is 4.43. The third-order valence-corrected chi connectivity index (χ3v) is 3.03. The van der Waals surface area contributed by atoms with Crippen LogP contribution in [0.4, 0.5) is 0 Å². The van der Waals surface area contributed by atoms with Gasteiger partial charge < -0.3 is 9.55 Å². The lowest BCUT2D eigenvalue weighted by atomic mass is 10.2. The minimum atomic E-state index is 0.0230. The Morgan fingerprint density at radius 2 is 2.06 bits per heavy atom. The van der Waals surface area contributed by atoms with Crippen molar-refractivity contribution in [2.24, 2.45) is 7.05 Å². The number of rotatable bonds is 1. The molecule has 0 bridgehead atoms. The lowest BCUT2D eigenvalue weighted by molar-refractivity contribution is 0.849. The molecule has 2 heterocycles. The number of para-hydroxylation sites is 2. The molecule has 4 heteroatoms. The summed E-state index contributed by atoms with van der Waals surface area (Å²) in [6, 6.07) is 9.74. The van der Waals surface area contributed by atoms with Gasteiger partial charge in [-0.2, -0.15) is 0 Å². The van der Waals surface area contributed by atoms with Crippen LogP contribution in [0.1, 0.15) is 5.56 Å². The first-order valence-electron chi connectivity index (χ1n) is 5.77. The maximum Gasteiger partial charge on any atom is 0.253 e. The number of hydrogen-bond donors (Lipinski definition) is 1. The second kappa shape index (κ2) is 3.84. The smallest absolute Gasteiger partial charge is 0.253 e. The fraction of sp³-hybridized carbons (Fsp3) is 0.143. The quantitative estimate of drug-likeness (QED) is 0.708. The number of fused-ring (bicyclic) bond motifs is 1. The average molecular weight is 239 g/mol. The fourth-order valence-corrected chi connectivity index (χ4v) is 2.10. The molecule has 0 aliphatic rings. The molecule has 0 unspecified atom stereocenters. The van der Waals surface area contributed by atoms with Gasteiger partial charge in [-0.3, -0.25) is 4.79 Å². The summed E-state index contributed by atoms with van der Waals surface area (Å²) in [5, 5.41) is 0. The van der Waals surface area contributed by atoms with Gasteiger partial charge in [0.1, 0.15) is 5.82 Å². The molecule has 0 saturated carbocycles. The molecular weight excluding hydrogens is 226 g/mol. The van der Waals surface area contributed by atoms with Crippen LogP contribution in [0.25, 0.3) is 22.4 Å². The molecule has 0 saturated heterocycles. The van der Waals surface area contributed by atoms with Gasteiger partial charge in [-0.1, -0.05) is 12.1 Å². The first-order valence-corrected chi connectivity index (χ1v) is 5.77. The summed E-state index contributed by atoms with van der Waals surface area (Å²) >= 11 is 0. The summed E-state index contributed by atoms with van der Waals surface area (Å²) < 4.78 is 1.58. The standard InChI is InChI=1S/C14H13N3O/c1-9-7-10(8-17(2)14(9)18)13-15-11-5-3-4-6-12(11)16-13/h3-8H,1-2H3,(H,15,16). The maximum atomic E-state index is 11.7. The van der Waals surface area contributed by atoms with Crippen LogP contribution in [0.2, 0.25) is 0 Å². The maximum absolute atomic E-state index is 11.7. The highest BCUT2D eigenvalue weighted by atomic mass is 16.1. The molecule has 1 aromatic carbocycles. The molecule has 0 amide bonds. The van der Waals surface area contributed by atoms with E-state index in [2.05, 4.69) is 9.97 Å². The molecule has 90 valence electrons. The van der Waals surface area contributed by atoms with Crippen molar-refractivity contribution in [3.8, 4) is 11.4 Å². The van der Waals surface area contributed by atoms with Crippen molar-refractivity contribution in [2.75, 3.05) is 0 Å². The van der Waals surface area contributed by atoms with Crippen molar-refractivity contribution in [3.63, 3.8) is 0 Å². The van der Waals surface area contributed by atoms with Crippen LogP contribution < -0.4 is 5.56 Å². The second-order valence-corrected chi connectivity index (χ2v) is 4.43. The first kappa shape index (κ1) is 10.8. The first-order chi connectivity index (χ1) is 8.65. The molecule has 4 nitrogen and oxygen atoms in total. The highest BCUT2D eigenvalue weighted by Crippen LogP contribution is 2.19. The van der Waals surface area contributed by atoms with E-state index in [1.54, 1.807) is 17.8 Å². The molecule has 18 heavy (non-hydrogen) atoms. The summed E-state index contributed by atoms with van der Waals surface area (Å²) in [5.74, 6) is 0.787. The Bertz CT molecular complexity index is 724. The van der Waals surface area contributed by atoms with E-state index in [9.17, 15) is 4.79 Å². The van der Waals surface area contributed by atoms with Crippen molar-refractivity contribution >= 4 is 11.0 Å². The van der Waals surface area contributed by atoms with Gasteiger partial charge >= 0.3 is 0 Å². The zero-order valence-electron chi connectivity index (χ0n) is 10.3. The largest absolute Gasteiger partial charge is 0.338 e. The Balaban J connectivity index is 2.23. The Kier molecular flexibility index (Phi) is 2.30. The predicted octanol–water partition coefficient (Wildman–Crippen LogP) is 2.24. The number of aromatic nitrogens is 3. The van der Waals surface area contributed by atoms with Crippen LogP contribution in [0, 0.1) is 6.92 Å². The van der Waals surface area contributed by atoms with Crippen LogP contribution in [-0.2, 0) is 7.05 Å². The monoisotopic (exact) mass is 239 g/mol. The van der Waals surface area contributed by atoms with Crippen molar-refractivity contribution in [1.29, 1.82) is 0 Å². The molecule has 1 N–H and O–H groups in total. The van der Waals surface area contributed by atoms with Gasteiger partial charge in [0.25, 0.3) is 5.56 Å². The van der Waals surface area contributed by atoms with E-state index in [4.69, 9.17) is 0 Å². The molecule has 3 rings (SSSR count). The van der Waals surface area contributed by atoms with E-state index in [-0.39, 0.29) is 5.56 Å². The minimum Gasteiger partial charge on any atom is -0.338 e. The lowest BCUT2D eigenvalue weighted by Crippen LogP contribution is -2.18. The van der Waals surface area contributed by atoms with E-state index in [0.717, 1.165) is 28.0 Å². The van der Waals surface area contributed by atoms with Crippen molar-refractivity contribution < 1.29 is 0 Å². The minimum absolute atomic E-state index is 0.0230.